The van der Waals surface area contributed by atoms with E-state index in [9.17, 15) is 18.0 Å². The summed E-state index contributed by atoms with van der Waals surface area (Å²) in [6.07, 6.45) is 0.415. The average Bonchev–Trinajstić information content (AvgIpc) is 2.72. The summed E-state index contributed by atoms with van der Waals surface area (Å²) < 4.78 is 37.5. The van der Waals surface area contributed by atoms with Crippen LogP contribution in [0.5, 0.6) is 0 Å². The maximum absolute atomic E-state index is 13.2. The van der Waals surface area contributed by atoms with E-state index in [0.29, 0.717) is 12.0 Å². The van der Waals surface area contributed by atoms with Crippen LogP contribution in [0.2, 0.25) is 0 Å². The lowest BCUT2D eigenvalue weighted by Gasteiger charge is -2.35. The van der Waals surface area contributed by atoms with E-state index in [2.05, 4.69) is 0 Å². The zero-order valence-electron chi connectivity index (χ0n) is 15.6. The lowest BCUT2D eigenvalue weighted by molar-refractivity contribution is -0.148. The first kappa shape index (κ1) is 20.0. The summed E-state index contributed by atoms with van der Waals surface area (Å²) in [7, 11) is -2.68. The topological polar surface area (TPSA) is 90.0 Å². The largest absolute Gasteiger partial charge is 0.465 e. The Balaban J connectivity index is 2.13. The number of hydrogen-bond donors (Lipinski definition) is 0. The number of carbonyl (C=O) groups excluding carboxylic acids is 2. The predicted octanol–water partition coefficient (Wildman–Crippen LogP) is 2.32. The molecule has 2 aromatic rings. The standard InChI is InChI=1S/C20H21NO6S/c1-3-27-20(23)18-17-13-15(19(22)26-2)10-9-14(17)11-12-21(18)28(24,25)16-7-5-4-6-8-16/h4-10,13,18H,3,11-12H2,1-2H3. The van der Waals surface area contributed by atoms with Gasteiger partial charge in [0.1, 0.15) is 6.04 Å². The zero-order valence-corrected chi connectivity index (χ0v) is 16.4. The van der Waals surface area contributed by atoms with Gasteiger partial charge in [-0.3, -0.25) is 0 Å². The van der Waals surface area contributed by atoms with Gasteiger partial charge in [0, 0.05) is 6.54 Å². The van der Waals surface area contributed by atoms with Crippen LogP contribution in [0, 0.1) is 0 Å². The Labute approximate surface area is 163 Å². The first-order chi connectivity index (χ1) is 13.4. The Morgan fingerprint density at radius 2 is 1.86 bits per heavy atom. The van der Waals surface area contributed by atoms with E-state index in [1.54, 1.807) is 37.3 Å². The number of rotatable bonds is 5. The second kappa shape index (κ2) is 8.12. The van der Waals surface area contributed by atoms with E-state index in [1.807, 2.05) is 0 Å². The lowest BCUT2D eigenvalue weighted by atomic mass is 9.92. The van der Waals surface area contributed by atoms with E-state index in [4.69, 9.17) is 9.47 Å². The second-order valence-electron chi connectivity index (χ2n) is 6.24. The second-order valence-corrected chi connectivity index (χ2v) is 8.13. The van der Waals surface area contributed by atoms with Gasteiger partial charge in [0.25, 0.3) is 0 Å². The van der Waals surface area contributed by atoms with Gasteiger partial charge in [0.2, 0.25) is 10.0 Å². The van der Waals surface area contributed by atoms with Gasteiger partial charge in [-0.05, 0) is 48.7 Å². The molecule has 1 aliphatic heterocycles. The zero-order chi connectivity index (χ0) is 20.3. The average molecular weight is 403 g/mol. The van der Waals surface area contributed by atoms with Crippen molar-refractivity contribution >= 4 is 22.0 Å². The van der Waals surface area contributed by atoms with Gasteiger partial charge < -0.3 is 9.47 Å². The van der Waals surface area contributed by atoms with Crippen LogP contribution in [0.3, 0.4) is 0 Å². The van der Waals surface area contributed by atoms with E-state index >= 15 is 0 Å². The first-order valence-corrected chi connectivity index (χ1v) is 10.3. The monoisotopic (exact) mass is 403 g/mol. The van der Waals surface area contributed by atoms with E-state index in [0.717, 1.165) is 9.87 Å². The van der Waals surface area contributed by atoms with Crippen LogP contribution >= 0.6 is 0 Å². The highest BCUT2D eigenvalue weighted by molar-refractivity contribution is 7.89. The van der Waals surface area contributed by atoms with Gasteiger partial charge in [-0.25, -0.2) is 18.0 Å². The molecule has 3 rings (SSSR count). The van der Waals surface area contributed by atoms with Crippen molar-refractivity contribution < 1.29 is 27.5 Å². The smallest absolute Gasteiger partial charge is 0.337 e. The molecule has 8 heteroatoms. The maximum Gasteiger partial charge on any atom is 0.337 e. The molecule has 1 heterocycles. The SMILES string of the molecule is CCOC(=O)C1c2cc(C(=O)OC)ccc2CCN1S(=O)(=O)c1ccccc1. The molecule has 1 atom stereocenters. The Morgan fingerprint density at radius 1 is 1.14 bits per heavy atom. The minimum atomic E-state index is -3.94. The Morgan fingerprint density at radius 3 is 2.50 bits per heavy atom. The highest BCUT2D eigenvalue weighted by atomic mass is 32.2. The highest BCUT2D eigenvalue weighted by Gasteiger charge is 2.41. The molecule has 0 saturated carbocycles. The number of ether oxygens (including phenoxy) is 2. The predicted molar refractivity (Wildman–Crippen MR) is 101 cm³/mol. The molecule has 28 heavy (non-hydrogen) atoms. The van der Waals surface area contributed by atoms with Crippen molar-refractivity contribution in [3.05, 3.63) is 65.2 Å². The number of nitrogens with zero attached hydrogens (tertiary/aromatic N) is 1. The van der Waals surface area contributed by atoms with E-state index < -0.39 is 28.0 Å². The quantitative estimate of drug-likeness (QED) is 0.712. The van der Waals surface area contributed by atoms with Crippen LogP contribution in [0.4, 0.5) is 0 Å². The van der Waals surface area contributed by atoms with Gasteiger partial charge in [-0.1, -0.05) is 24.3 Å². The third kappa shape index (κ3) is 3.65. The minimum Gasteiger partial charge on any atom is -0.465 e. The summed E-state index contributed by atoms with van der Waals surface area (Å²) in [6.45, 7) is 1.90. The summed E-state index contributed by atoms with van der Waals surface area (Å²) in [4.78, 5) is 24.8. The van der Waals surface area contributed by atoms with Crippen molar-refractivity contribution in [2.75, 3.05) is 20.3 Å². The Bertz CT molecular complexity index is 987. The fourth-order valence-electron chi connectivity index (χ4n) is 3.29. The molecule has 2 aromatic carbocycles. The molecule has 0 amide bonds. The molecule has 0 spiro atoms. The van der Waals surface area contributed by atoms with Gasteiger partial charge in [-0.2, -0.15) is 4.31 Å². The van der Waals surface area contributed by atoms with E-state index in [-0.39, 0.29) is 23.6 Å². The van der Waals surface area contributed by atoms with Crippen LogP contribution in [-0.2, 0) is 30.7 Å². The summed E-state index contributed by atoms with van der Waals surface area (Å²) in [5.74, 6) is -1.24. The molecule has 1 aliphatic rings. The molecule has 0 radical (unpaired) electrons. The summed E-state index contributed by atoms with van der Waals surface area (Å²) in [5, 5.41) is 0. The molecular formula is C20H21NO6S. The molecule has 0 bridgehead atoms. The fraction of sp³-hybridized carbons (Fsp3) is 0.300. The number of methoxy groups -OCH3 is 1. The van der Waals surface area contributed by atoms with Crippen molar-refractivity contribution in [3.63, 3.8) is 0 Å². The van der Waals surface area contributed by atoms with Crippen LogP contribution < -0.4 is 0 Å². The first-order valence-electron chi connectivity index (χ1n) is 8.84. The van der Waals surface area contributed by atoms with Gasteiger partial charge in [-0.15, -0.1) is 0 Å². The van der Waals surface area contributed by atoms with Crippen molar-refractivity contribution in [2.45, 2.75) is 24.3 Å². The number of hydrogen-bond acceptors (Lipinski definition) is 6. The van der Waals surface area contributed by atoms with Crippen molar-refractivity contribution in [1.82, 2.24) is 4.31 Å². The van der Waals surface area contributed by atoms with Crippen molar-refractivity contribution in [1.29, 1.82) is 0 Å². The van der Waals surface area contributed by atoms with Gasteiger partial charge in [0.05, 0.1) is 24.2 Å². The van der Waals surface area contributed by atoms with E-state index in [1.165, 1.54) is 25.3 Å². The number of carbonyl (C=O) groups is 2. The maximum atomic E-state index is 13.2. The molecule has 0 fully saturated rings. The molecule has 148 valence electrons. The Hall–Kier alpha value is -2.71. The normalized spacial score (nSPS) is 16.9. The van der Waals surface area contributed by atoms with Gasteiger partial charge in [0.15, 0.2) is 0 Å². The minimum absolute atomic E-state index is 0.0943. The molecule has 0 N–H and O–H groups in total. The summed E-state index contributed by atoms with van der Waals surface area (Å²) >= 11 is 0. The van der Waals surface area contributed by atoms with Crippen LogP contribution in [-0.4, -0.2) is 44.9 Å². The molecule has 7 nitrogen and oxygen atoms in total. The highest BCUT2D eigenvalue weighted by Crippen LogP contribution is 2.35. The number of esters is 2. The van der Waals surface area contributed by atoms with Gasteiger partial charge >= 0.3 is 11.9 Å². The molecule has 1 unspecified atom stereocenters. The lowest BCUT2D eigenvalue weighted by Crippen LogP contribution is -2.44. The molecule has 0 aliphatic carbocycles. The summed E-state index contributed by atoms with van der Waals surface area (Å²) in [6, 6.07) is 11.6. The number of sulfonamides is 1. The third-order valence-corrected chi connectivity index (χ3v) is 6.49. The number of benzene rings is 2. The Kier molecular flexibility index (Phi) is 5.81. The van der Waals surface area contributed by atoms with Crippen LogP contribution in [0.1, 0.15) is 34.5 Å². The van der Waals surface area contributed by atoms with Crippen molar-refractivity contribution in [2.24, 2.45) is 0 Å². The summed E-state index contributed by atoms with van der Waals surface area (Å²) in [5.41, 5.74) is 1.48. The fourth-order valence-corrected chi connectivity index (χ4v) is 4.87. The molecule has 0 aromatic heterocycles. The van der Waals surface area contributed by atoms with Crippen LogP contribution in [0.15, 0.2) is 53.4 Å². The number of fused-ring (bicyclic) bond motifs is 1. The molecule has 0 saturated heterocycles. The van der Waals surface area contributed by atoms with Crippen LogP contribution in [0.25, 0.3) is 0 Å². The molecular weight excluding hydrogens is 382 g/mol. The third-order valence-electron chi connectivity index (χ3n) is 4.61. The van der Waals surface area contributed by atoms with Crippen molar-refractivity contribution in [3.8, 4) is 0 Å².